The van der Waals surface area contributed by atoms with Gasteiger partial charge in [0, 0.05) is 18.1 Å². The Bertz CT molecular complexity index is 744. The zero-order chi connectivity index (χ0) is 18.2. The third-order valence-corrected chi connectivity index (χ3v) is 3.21. The highest BCUT2D eigenvalue weighted by molar-refractivity contribution is 5.97. The highest BCUT2D eigenvalue weighted by atomic mass is 16.5. The van der Waals surface area contributed by atoms with Crippen molar-refractivity contribution in [2.24, 2.45) is 0 Å². The van der Waals surface area contributed by atoms with Gasteiger partial charge in [0.05, 0.1) is 17.7 Å². The van der Waals surface area contributed by atoms with Crippen molar-refractivity contribution in [3.05, 3.63) is 59.9 Å². The van der Waals surface area contributed by atoms with Gasteiger partial charge in [0.15, 0.2) is 6.10 Å². The number of benzene rings is 1. The molecule has 0 saturated heterocycles. The zero-order valence-electron chi connectivity index (χ0n) is 13.9. The Kier molecular flexibility index (Phi) is 6.22. The second-order valence-corrected chi connectivity index (χ2v) is 5.08. The summed E-state index contributed by atoms with van der Waals surface area (Å²) < 4.78 is 9.98. The standard InChI is InChI=1S/C18H18N2O5/c1-3-24-17(22)13-6-8-15(9-7-13)20-16(21)12(2)25-18(23)14-5-4-10-19-11-14/h4-12H,3H2,1-2H3,(H,20,21). The maximum absolute atomic E-state index is 12.1. The van der Waals surface area contributed by atoms with Crippen molar-refractivity contribution in [1.82, 2.24) is 4.98 Å². The molecule has 1 aromatic carbocycles. The number of ether oxygens (including phenoxy) is 2. The highest BCUT2D eigenvalue weighted by Crippen LogP contribution is 2.12. The molecule has 1 unspecified atom stereocenters. The molecule has 1 amide bonds. The van der Waals surface area contributed by atoms with Crippen molar-refractivity contribution in [2.45, 2.75) is 20.0 Å². The molecule has 1 N–H and O–H groups in total. The summed E-state index contributed by atoms with van der Waals surface area (Å²) in [6.45, 7) is 3.48. The summed E-state index contributed by atoms with van der Waals surface area (Å²) in [5.41, 5.74) is 1.12. The van der Waals surface area contributed by atoms with Crippen LogP contribution in [0.4, 0.5) is 5.69 Å². The molecular weight excluding hydrogens is 324 g/mol. The zero-order valence-corrected chi connectivity index (χ0v) is 13.9. The number of carbonyl (C=O) groups excluding carboxylic acids is 3. The highest BCUT2D eigenvalue weighted by Gasteiger charge is 2.19. The molecule has 0 aliphatic carbocycles. The molecule has 0 aliphatic rings. The Morgan fingerprint density at radius 2 is 1.80 bits per heavy atom. The second kappa shape index (κ2) is 8.58. The number of aromatic nitrogens is 1. The van der Waals surface area contributed by atoms with Crippen molar-refractivity contribution < 1.29 is 23.9 Å². The van der Waals surface area contributed by atoms with Crippen LogP contribution in [0.15, 0.2) is 48.8 Å². The molecule has 25 heavy (non-hydrogen) atoms. The third kappa shape index (κ3) is 5.13. The number of hydrogen-bond donors (Lipinski definition) is 1. The van der Waals surface area contributed by atoms with Crippen molar-refractivity contribution >= 4 is 23.5 Å². The van der Waals surface area contributed by atoms with Crippen LogP contribution in [0.2, 0.25) is 0 Å². The van der Waals surface area contributed by atoms with E-state index in [1.165, 1.54) is 19.3 Å². The minimum atomic E-state index is -0.988. The molecule has 1 atom stereocenters. The molecule has 130 valence electrons. The van der Waals surface area contributed by atoms with Crippen LogP contribution in [0.5, 0.6) is 0 Å². The van der Waals surface area contributed by atoms with E-state index in [4.69, 9.17) is 9.47 Å². The average Bonchev–Trinajstić information content (AvgIpc) is 2.63. The minimum absolute atomic E-state index is 0.265. The molecule has 7 nitrogen and oxygen atoms in total. The summed E-state index contributed by atoms with van der Waals surface area (Å²) in [5.74, 6) is -1.55. The van der Waals surface area contributed by atoms with Crippen molar-refractivity contribution in [3.8, 4) is 0 Å². The van der Waals surface area contributed by atoms with Crippen LogP contribution < -0.4 is 5.32 Å². The SMILES string of the molecule is CCOC(=O)c1ccc(NC(=O)C(C)OC(=O)c2cccnc2)cc1. The molecule has 7 heteroatoms. The number of carbonyl (C=O) groups is 3. The van der Waals surface area contributed by atoms with Crippen LogP contribution in [0.3, 0.4) is 0 Å². The summed E-state index contributed by atoms with van der Waals surface area (Å²) in [4.78, 5) is 39.4. The van der Waals surface area contributed by atoms with Crippen molar-refractivity contribution in [3.63, 3.8) is 0 Å². The molecule has 0 aliphatic heterocycles. The van der Waals surface area contributed by atoms with E-state index >= 15 is 0 Å². The van der Waals surface area contributed by atoms with E-state index in [-0.39, 0.29) is 12.2 Å². The van der Waals surface area contributed by atoms with Gasteiger partial charge < -0.3 is 14.8 Å². The summed E-state index contributed by atoms with van der Waals surface area (Å²) in [6, 6.07) is 9.37. The first-order valence-electron chi connectivity index (χ1n) is 7.70. The Hall–Kier alpha value is -3.22. The normalized spacial score (nSPS) is 11.3. The maximum Gasteiger partial charge on any atom is 0.340 e. The number of rotatable bonds is 6. The largest absolute Gasteiger partial charge is 0.462 e. The average molecular weight is 342 g/mol. The lowest BCUT2D eigenvalue weighted by Gasteiger charge is -2.13. The van der Waals surface area contributed by atoms with Gasteiger partial charge in [0.1, 0.15) is 0 Å². The molecule has 0 radical (unpaired) electrons. The molecule has 0 saturated carbocycles. The lowest BCUT2D eigenvalue weighted by Crippen LogP contribution is -2.30. The van der Waals surface area contributed by atoms with Gasteiger partial charge in [-0.25, -0.2) is 9.59 Å². The minimum Gasteiger partial charge on any atom is -0.462 e. The van der Waals surface area contributed by atoms with Crippen LogP contribution in [0, 0.1) is 0 Å². The molecular formula is C18H18N2O5. The Morgan fingerprint density at radius 3 is 2.40 bits per heavy atom. The Morgan fingerprint density at radius 1 is 1.08 bits per heavy atom. The van der Waals surface area contributed by atoms with Gasteiger partial charge in [0.2, 0.25) is 0 Å². The molecule has 2 rings (SSSR count). The van der Waals surface area contributed by atoms with Gasteiger partial charge >= 0.3 is 11.9 Å². The van der Waals surface area contributed by atoms with Crippen LogP contribution in [0.1, 0.15) is 34.6 Å². The smallest absolute Gasteiger partial charge is 0.340 e. The number of nitrogens with zero attached hydrogens (tertiary/aromatic N) is 1. The van der Waals surface area contributed by atoms with Crippen molar-refractivity contribution in [1.29, 1.82) is 0 Å². The van der Waals surface area contributed by atoms with Crippen LogP contribution >= 0.6 is 0 Å². The van der Waals surface area contributed by atoms with Gasteiger partial charge in [0.25, 0.3) is 5.91 Å². The quantitative estimate of drug-likeness (QED) is 0.810. The first-order chi connectivity index (χ1) is 12.0. The number of hydrogen-bond acceptors (Lipinski definition) is 6. The Labute approximate surface area is 145 Å². The lowest BCUT2D eigenvalue weighted by atomic mass is 10.2. The van der Waals surface area contributed by atoms with Gasteiger partial charge in [-0.3, -0.25) is 9.78 Å². The number of esters is 2. The predicted octanol–water partition coefficient (Wildman–Crippen LogP) is 2.44. The molecule has 0 bridgehead atoms. The van der Waals surface area contributed by atoms with Gasteiger partial charge in [-0.15, -0.1) is 0 Å². The first kappa shape index (κ1) is 18.1. The summed E-state index contributed by atoms with van der Waals surface area (Å²) >= 11 is 0. The number of amides is 1. The van der Waals surface area contributed by atoms with E-state index in [9.17, 15) is 14.4 Å². The first-order valence-corrected chi connectivity index (χ1v) is 7.70. The monoisotopic (exact) mass is 342 g/mol. The van der Waals surface area contributed by atoms with Gasteiger partial charge in [-0.05, 0) is 50.2 Å². The number of anilines is 1. The summed E-state index contributed by atoms with van der Waals surface area (Å²) in [7, 11) is 0. The lowest BCUT2D eigenvalue weighted by molar-refractivity contribution is -0.123. The van der Waals surface area contributed by atoms with E-state index in [0.29, 0.717) is 11.3 Å². The van der Waals surface area contributed by atoms with Gasteiger partial charge in [-0.1, -0.05) is 0 Å². The van der Waals surface area contributed by atoms with E-state index in [2.05, 4.69) is 10.3 Å². The van der Waals surface area contributed by atoms with Crippen LogP contribution in [-0.4, -0.2) is 35.5 Å². The number of nitrogens with one attached hydrogen (secondary N) is 1. The predicted molar refractivity (Wildman–Crippen MR) is 90.1 cm³/mol. The fourth-order valence-electron chi connectivity index (χ4n) is 1.91. The van der Waals surface area contributed by atoms with Crippen LogP contribution in [-0.2, 0) is 14.3 Å². The molecule has 0 fully saturated rings. The fraction of sp³-hybridized carbons (Fsp3) is 0.222. The van der Waals surface area contributed by atoms with Crippen molar-refractivity contribution in [2.75, 3.05) is 11.9 Å². The van der Waals surface area contributed by atoms with E-state index < -0.39 is 23.9 Å². The molecule has 1 heterocycles. The van der Waals surface area contributed by atoms with Gasteiger partial charge in [-0.2, -0.15) is 0 Å². The molecule has 2 aromatic rings. The van der Waals surface area contributed by atoms with E-state index in [0.717, 1.165) is 0 Å². The maximum atomic E-state index is 12.1. The molecule has 1 aromatic heterocycles. The Balaban J connectivity index is 1.92. The number of pyridine rings is 1. The third-order valence-electron chi connectivity index (χ3n) is 3.21. The van der Waals surface area contributed by atoms with E-state index in [1.54, 1.807) is 43.3 Å². The molecule has 0 spiro atoms. The van der Waals surface area contributed by atoms with Crippen LogP contribution in [0.25, 0.3) is 0 Å². The second-order valence-electron chi connectivity index (χ2n) is 5.08. The topological polar surface area (TPSA) is 94.6 Å². The summed E-state index contributed by atoms with van der Waals surface area (Å²) in [5, 5.41) is 2.61. The fourth-order valence-corrected chi connectivity index (χ4v) is 1.91. The summed E-state index contributed by atoms with van der Waals surface area (Å²) in [6.07, 6.45) is 1.91. The van der Waals surface area contributed by atoms with E-state index in [1.807, 2.05) is 0 Å².